The second-order valence-corrected chi connectivity index (χ2v) is 5.83. The molecule has 1 fully saturated rings. The summed E-state index contributed by atoms with van der Waals surface area (Å²) < 4.78 is 0. The van der Waals surface area contributed by atoms with Gasteiger partial charge in [0.05, 0.1) is 0 Å². The quantitative estimate of drug-likeness (QED) is 0.857. The molecule has 1 aliphatic heterocycles. The number of nitrogens with one attached hydrogen (secondary N) is 1. The minimum atomic E-state index is -0.968. The van der Waals surface area contributed by atoms with E-state index in [0.29, 0.717) is 5.92 Å². The molecule has 1 amide bonds. The van der Waals surface area contributed by atoms with Crippen molar-refractivity contribution in [1.82, 2.24) is 10.2 Å². The zero-order chi connectivity index (χ0) is 14.6. The van der Waals surface area contributed by atoms with Crippen LogP contribution in [0.3, 0.4) is 0 Å². The molecule has 1 aromatic carbocycles. The van der Waals surface area contributed by atoms with E-state index in [1.54, 1.807) is 6.92 Å². The second-order valence-electron chi connectivity index (χ2n) is 5.83. The Bertz CT molecular complexity index is 454. The molecule has 22 heavy (non-hydrogen) atoms. The highest BCUT2D eigenvalue weighted by molar-refractivity contribution is 5.87. The summed E-state index contributed by atoms with van der Waals surface area (Å²) in [6.45, 7) is 7.95. The van der Waals surface area contributed by atoms with Gasteiger partial charge in [-0.25, -0.2) is 0 Å². The second kappa shape index (κ2) is 9.36. The van der Waals surface area contributed by atoms with Crippen LogP contribution in [0.1, 0.15) is 25.8 Å². The van der Waals surface area contributed by atoms with E-state index in [2.05, 4.69) is 17.1 Å². The van der Waals surface area contributed by atoms with Crippen molar-refractivity contribution in [3.05, 3.63) is 35.9 Å². The maximum Gasteiger partial charge on any atom is 0.244 e. The van der Waals surface area contributed by atoms with Crippen LogP contribution in [0.5, 0.6) is 0 Å². The molecule has 0 radical (unpaired) electrons. The van der Waals surface area contributed by atoms with Gasteiger partial charge in [-0.1, -0.05) is 37.3 Å². The van der Waals surface area contributed by atoms with Gasteiger partial charge in [-0.05, 0) is 37.9 Å². The zero-order valence-corrected chi connectivity index (χ0v) is 14.9. The molecule has 2 unspecified atom stereocenters. The first kappa shape index (κ1) is 21.2. The molecule has 0 aliphatic carbocycles. The number of nitrogens with zero attached hydrogens (tertiary/aromatic N) is 1. The Morgan fingerprint density at radius 1 is 1.36 bits per heavy atom. The van der Waals surface area contributed by atoms with E-state index in [-0.39, 0.29) is 30.7 Å². The van der Waals surface area contributed by atoms with Crippen LogP contribution in [-0.2, 0) is 10.3 Å². The molecular weight excluding hydrogens is 321 g/mol. The van der Waals surface area contributed by atoms with Crippen LogP contribution in [0.2, 0.25) is 0 Å². The molecule has 0 aromatic heterocycles. The predicted molar refractivity (Wildman–Crippen MR) is 95.7 cm³/mol. The number of hydrogen-bond acceptors (Lipinski definition) is 3. The minimum Gasteiger partial charge on any atom is -0.354 e. The van der Waals surface area contributed by atoms with E-state index in [9.17, 15) is 4.79 Å². The molecule has 0 spiro atoms. The summed E-state index contributed by atoms with van der Waals surface area (Å²) in [5.41, 5.74) is 6.08. The first-order chi connectivity index (χ1) is 9.54. The molecule has 6 heteroatoms. The summed E-state index contributed by atoms with van der Waals surface area (Å²) in [6, 6.07) is 9.53. The van der Waals surface area contributed by atoms with E-state index < -0.39 is 5.54 Å². The smallest absolute Gasteiger partial charge is 0.244 e. The van der Waals surface area contributed by atoms with Crippen molar-refractivity contribution in [2.45, 2.75) is 25.8 Å². The SMILES string of the molecule is CCN1CCC(CNC(=O)C(C)(N)c2ccccc2)C1.Cl.Cl. The fourth-order valence-corrected chi connectivity index (χ4v) is 2.70. The van der Waals surface area contributed by atoms with Gasteiger partial charge in [-0.3, -0.25) is 4.79 Å². The number of rotatable bonds is 5. The molecule has 0 bridgehead atoms. The topological polar surface area (TPSA) is 58.4 Å². The third kappa shape index (κ3) is 5.13. The number of nitrogens with two attached hydrogens (primary N) is 1. The average Bonchev–Trinajstić information content (AvgIpc) is 2.93. The Labute approximate surface area is 145 Å². The van der Waals surface area contributed by atoms with Crippen molar-refractivity contribution < 1.29 is 4.79 Å². The Morgan fingerprint density at radius 3 is 2.55 bits per heavy atom. The summed E-state index contributed by atoms with van der Waals surface area (Å²) in [6.07, 6.45) is 1.15. The Hall–Kier alpha value is -0.810. The van der Waals surface area contributed by atoms with E-state index in [4.69, 9.17) is 5.73 Å². The lowest BCUT2D eigenvalue weighted by atomic mass is 9.92. The van der Waals surface area contributed by atoms with Crippen molar-refractivity contribution >= 4 is 30.7 Å². The van der Waals surface area contributed by atoms with Crippen molar-refractivity contribution in [1.29, 1.82) is 0 Å². The summed E-state index contributed by atoms with van der Waals surface area (Å²) in [7, 11) is 0. The number of halogens is 2. The molecular formula is C16H27Cl2N3O. The number of carbonyl (C=O) groups is 1. The molecule has 0 saturated carbocycles. The van der Waals surface area contributed by atoms with Crippen LogP contribution in [0.15, 0.2) is 30.3 Å². The number of likely N-dealkylation sites (tertiary alicyclic amines) is 1. The minimum absolute atomic E-state index is 0. The first-order valence-corrected chi connectivity index (χ1v) is 7.39. The number of amides is 1. The van der Waals surface area contributed by atoms with E-state index in [1.165, 1.54) is 0 Å². The van der Waals surface area contributed by atoms with Crippen LogP contribution in [-0.4, -0.2) is 37.0 Å². The molecule has 2 atom stereocenters. The van der Waals surface area contributed by atoms with Gasteiger partial charge < -0.3 is 16.0 Å². The highest BCUT2D eigenvalue weighted by Gasteiger charge is 2.31. The van der Waals surface area contributed by atoms with Gasteiger partial charge in [0.2, 0.25) is 5.91 Å². The normalized spacial score (nSPS) is 20.4. The Morgan fingerprint density at radius 2 is 2.00 bits per heavy atom. The highest BCUT2D eigenvalue weighted by Crippen LogP contribution is 2.19. The first-order valence-electron chi connectivity index (χ1n) is 7.39. The van der Waals surface area contributed by atoms with Crippen LogP contribution in [0, 0.1) is 5.92 Å². The summed E-state index contributed by atoms with van der Waals surface area (Å²) >= 11 is 0. The van der Waals surface area contributed by atoms with Gasteiger partial charge in [-0.15, -0.1) is 24.8 Å². The average molecular weight is 348 g/mol. The molecule has 1 aliphatic rings. The lowest BCUT2D eigenvalue weighted by Gasteiger charge is -2.25. The Kier molecular flexibility index (Phi) is 9.01. The van der Waals surface area contributed by atoms with Gasteiger partial charge in [0.25, 0.3) is 0 Å². The van der Waals surface area contributed by atoms with Crippen LogP contribution >= 0.6 is 24.8 Å². The fraction of sp³-hybridized carbons (Fsp3) is 0.562. The van der Waals surface area contributed by atoms with Gasteiger partial charge in [0.15, 0.2) is 0 Å². The largest absolute Gasteiger partial charge is 0.354 e. The van der Waals surface area contributed by atoms with E-state index >= 15 is 0 Å². The van der Waals surface area contributed by atoms with Gasteiger partial charge in [0.1, 0.15) is 5.54 Å². The third-order valence-corrected chi connectivity index (χ3v) is 4.21. The molecule has 4 nitrogen and oxygen atoms in total. The van der Waals surface area contributed by atoms with Crippen molar-refractivity contribution in [3.8, 4) is 0 Å². The molecule has 1 aromatic rings. The molecule has 126 valence electrons. The van der Waals surface area contributed by atoms with Crippen LogP contribution < -0.4 is 11.1 Å². The van der Waals surface area contributed by atoms with E-state index in [1.807, 2.05) is 30.3 Å². The van der Waals surface area contributed by atoms with Crippen molar-refractivity contribution in [2.24, 2.45) is 11.7 Å². The zero-order valence-electron chi connectivity index (χ0n) is 13.2. The lowest BCUT2D eigenvalue weighted by molar-refractivity contribution is -0.126. The molecule has 3 N–H and O–H groups in total. The van der Waals surface area contributed by atoms with Crippen LogP contribution in [0.4, 0.5) is 0 Å². The lowest BCUT2D eigenvalue weighted by Crippen LogP contribution is -2.50. The summed E-state index contributed by atoms with van der Waals surface area (Å²) in [4.78, 5) is 14.7. The maximum absolute atomic E-state index is 12.3. The number of benzene rings is 1. The van der Waals surface area contributed by atoms with Gasteiger partial charge in [0, 0.05) is 13.1 Å². The fourth-order valence-electron chi connectivity index (χ4n) is 2.70. The highest BCUT2D eigenvalue weighted by atomic mass is 35.5. The third-order valence-electron chi connectivity index (χ3n) is 4.21. The van der Waals surface area contributed by atoms with E-state index in [0.717, 1.165) is 38.2 Å². The standard InChI is InChI=1S/C16H25N3O.2ClH/c1-3-19-10-9-13(12-19)11-18-15(20)16(2,17)14-7-5-4-6-8-14;;/h4-8,13H,3,9-12,17H2,1-2H3,(H,18,20);2*1H. The summed E-state index contributed by atoms with van der Waals surface area (Å²) in [5.74, 6) is 0.448. The Balaban J connectivity index is 0.00000220. The van der Waals surface area contributed by atoms with Gasteiger partial charge >= 0.3 is 0 Å². The van der Waals surface area contributed by atoms with Crippen molar-refractivity contribution in [2.75, 3.05) is 26.2 Å². The molecule has 2 rings (SSSR count). The van der Waals surface area contributed by atoms with Gasteiger partial charge in [-0.2, -0.15) is 0 Å². The molecule has 1 heterocycles. The van der Waals surface area contributed by atoms with Crippen molar-refractivity contribution in [3.63, 3.8) is 0 Å². The monoisotopic (exact) mass is 347 g/mol. The number of hydrogen-bond donors (Lipinski definition) is 2. The maximum atomic E-state index is 12.3. The summed E-state index contributed by atoms with van der Waals surface area (Å²) in [5, 5.41) is 3.02. The predicted octanol–water partition coefficient (Wildman–Crippen LogP) is 2.16. The number of carbonyl (C=O) groups excluding carboxylic acids is 1. The van der Waals surface area contributed by atoms with Crippen LogP contribution in [0.25, 0.3) is 0 Å². The molecule has 1 saturated heterocycles.